The van der Waals surface area contributed by atoms with Crippen LogP contribution in [-0.4, -0.2) is 20.2 Å². The van der Waals surface area contributed by atoms with Crippen molar-refractivity contribution < 1.29 is 8.42 Å². The number of nitrogens with one attached hydrogen (secondary N) is 1. The fraction of sp³-hybridized carbons (Fsp3) is 0.333. The molecule has 0 aromatic heterocycles. The van der Waals surface area contributed by atoms with E-state index in [0.717, 1.165) is 43.7 Å². The molecule has 0 bridgehead atoms. The van der Waals surface area contributed by atoms with E-state index in [1.165, 1.54) is 11.1 Å². The van der Waals surface area contributed by atoms with Crippen molar-refractivity contribution in [1.82, 2.24) is 5.32 Å². The van der Waals surface area contributed by atoms with Gasteiger partial charge in [-0.3, -0.25) is 0 Å². The van der Waals surface area contributed by atoms with Gasteiger partial charge in [0.1, 0.15) is 0 Å². The minimum atomic E-state index is -3.43. The van der Waals surface area contributed by atoms with E-state index < -0.39 is 10.0 Å². The molecule has 0 saturated carbocycles. The van der Waals surface area contributed by atoms with Crippen LogP contribution in [0.2, 0.25) is 0 Å². The van der Waals surface area contributed by atoms with Crippen LogP contribution in [0.15, 0.2) is 84.1 Å². The van der Waals surface area contributed by atoms with Crippen molar-refractivity contribution >= 4 is 15.7 Å². The van der Waals surface area contributed by atoms with Gasteiger partial charge >= 0.3 is 0 Å². The molecule has 1 heterocycles. The fourth-order valence-corrected chi connectivity index (χ4v) is 6.17. The Labute approximate surface area is 174 Å². The third-order valence-electron chi connectivity index (χ3n) is 5.61. The first-order chi connectivity index (χ1) is 14.2. The predicted octanol–water partition coefficient (Wildman–Crippen LogP) is 4.77. The van der Waals surface area contributed by atoms with Gasteiger partial charge in [0, 0.05) is 6.54 Å². The molecular weight excluding hydrogens is 380 g/mol. The third-order valence-corrected chi connectivity index (χ3v) is 7.77. The average molecular weight is 409 g/mol. The first-order valence-electron chi connectivity index (χ1n) is 10.4. The molecule has 1 saturated heterocycles. The van der Waals surface area contributed by atoms with Crippen molar-refractivity contribution in [2.75, 3.05) is 10.8 Å². The zero-order valence-electron chi connectivity index (χ0n) is 16.6. The smallest absolute Gasteiger partial charge is 0.242 e. The van der Waals surface area contributed by atoms with Gasteiger partial charge in [-0.25, -0.2) is 12.7 Å². The normalized spacial score (nSPS) is 20.6. The molecule has 152 valence electrons. The average Bonchev–Trinajstić information content (AvgIpc) is 2.75. The number of hydrogen-bond donors (Lipinski definition) is 1. The van der Waals surface area contributed by atoms with E-state index in [2.05, 4.69) is 29.6 Å². The van der Waals surface area contributed by atoms with Gasteiger partial charge in [0.15, 0.2) is 0 Å². The highest BCUT2D eigenvalue weighted by atomic mass is 32.2. The van der Waals surface area contributed by atoms with Crippen molar-refractivity contribution in [3.63, 3.8) is 0 Å². The zero-order valence-corrected chi connectivity index (χ0v) is 17.4. The predicted molar refractivity (Wildman–Crippen MR) is 119 cm³/mol. The molecule has 1 aliphatic heterocycles. The summed E-state index contributed by atoms with van der Waals surface area (Å²) in [6.07, 6.45) is 8.32. The summed E-state index contributed by atoms with van der Waals surface area (Å²) in [7, 11) is -3.43. The number of rotatable bonds is 7. The summed E-state index contributed by atoms with van der Waals surface area (Å²) in [5.41, 5.74) is 4.02. The summed E-state index contributed by atoms with van der Waals surface area (Å²) < 4.78 is 28.6. The fourth-order valence-electron chi connectivity index (χ4n) is 4.13. The maximum atomic E-state index is 13.5. The number of para-hydroxylation sites is 1. The van der Waals surface area contributed by atoms with Gasteiger partial charge in [-0.1, -0.05) is 60.7 Å². The van der Waals surface area contributed by atoms with Gasteiger partial charge in [-0.15, -0.1) is 0 Å². The summed E-state index contributed by atoms with van der Waals surface area (Å²) >= 11 is 0. The molecule has 1 fully saturated rings. The Bertz CT molecular complexity index is 982. The minimum Gasteiger partial charge on any atom is -0.313 e. The highest BCUT2D eigenvalue weighted by Crippen LogP contribution is 2.40. The lowest BCUT2D eigenvalue weighted by atomic mass is 9.96. The number of fused-ring (bicyclic) bond motifs is 1. The van der Waals surface area contributed by atoms with Crippen LogP contribution in [-0.2, 0) is 16.6 Å². The van der Waals surface area contributed by atoms with Crippen LogP contribution in [0.4, 0.5) is 5.69 Å². The summed E-state index contributed by atoms with van der Waals surface area (Å²) in [6, 6.07) is 19.8. The highest BCUT2D eigenvalue weighted by Gasteiger charge is 2.41. The van der Waals surface area contributed by atoms with Crippen LogP contribution in [0.5, 0.6) is 0 Å². The second kappa shape index (κ2) is 8.97. The van der Waals surface area contributed by atoms with E-state index in [-0.39, 0.29) is 5.25 Å². The maximum Gasteiger partial charge on any atom is 0.242 e. The first kappa shape index (κ1) is 19.9. The number of hydrogen-bond acceptors (Lipinski definition) is 3. The van der Waals surface area contributed by atoms with Gasteiger partial charge in [0.05, 0.1) is 16.6 Å². The Kier molecular flexibility index (Phi) is 6.16. The number of sulfonamides is 1. The van der Waals surface area contributed by atoms with Crippen molar-refractivity contribution in [3.05, 3.63) is 89.6 Å². The zero-order chi connectivity index (χ0) is 20.1. The minimum absolute atomic E-state index is 0.372. The molecule has 29 heavy (non-hydrogen) atoms. The second-order valence-electron chi connectivity index (χ2n) is 7.67. The van der Waals surface area contributed by atoms with E-state index in [1.54, 1.807) is 4.31 Å². The van der Waals surface area contributed by atoms with E-state index in [0.29, 0.717) is 12.8 Å². The van der Waals surface area contributed by atoms with Gasteiger partial charge in [0.25, 0.3) is 0 Å². The second-order valence-corrected chi connectivity index (χ2v) is 9.73. The van der Waals surface area contributed by atoms with Crippen molar-refractivity contribution in [2.45, 2.75) is 43.9 Å². The largest absolute Gasteiger partial charge is 0.313 e. The molecule has 5 heteroatoms. The third kappa shape index (κ3) is 4.46. The number of nitrogens with zero attached hydrogens (tertiary/aromatic N) is 1. The molecule has 2 aliphatic rings. The standard InChI is InChI=1S/C24H28N2O2S/c27-29(28)23(15-9-17-25-19-20-10-3-1-4-11-20)18-21-12-7-8-16-24(21)26(29)22-13-5-2-6-14-22/h1-6,10-14,16,23,25H,7-9,15,17-19H2. The first-order valence-corrected chi connectivity index (χ1v) is 11.9. The highest BCUT2D eigenvalue weighted by molar-refractivity contribution is 7.93. The summed E-state index contributed by atoms with van der Waals surface area (Å²) in [5, 5.41) is 3.06. The molecule has 1 N–H and O–H groups in total. The van der Waals surface area contributed by atoms with Gasteiger partial charge in [0.2, 0.25) is 10.0 Å². The van der Waals surface area contributed by atoms with Crippen molar-refractivity contribution in [1.29, 1.82) is 0 Å². The van der Waals surface area contributed by atoms with Gasteiger partial charge < -0.3 is 5.32 Å². The molecule has 1 atom stereocenters. The van der Waals surface area contributed by atoms with Crippen LogP contribution >= 0.6 is 0 Å². The van der Waals surface area contributed by atoms with E-state index in [1.807, 2.05) is 48.5 Å². The molecule has 2 aromatic carbocycles. The summed E-state index contributed by atoms with van der Waals surface area (Å²) in [5.74, 6) is 0. The van der Waals surface area contributed by atoms with E-state index in [4.69, 9.17) is 0 Å². The lowest BCUT2D eigenvalue weighted by molar-refractivity contribution is 0.543. The number of benzene rings is 2. The molecule has 1 unspecified atom stereocenters. The molecule has 2 aromatic rings. The molecule has 4 rings (SSSR count). The summed E-state index contributed by atoms with van der Waals surface area (Å²) in [6.45, 7) is 1.63. The molecule has 0 spiro atoms. The topological polar surface area (TPSA) is 49.4 Å². The van der Waals surface area contributed by atoms with E-state index >= 15 is 0 Å². The molecule has 0 amide bonds. The Hall–Kier alpha value is -2.37. The Morgan fingerprint density at radius 1 is 0.931 bits per heavy atom. The van der Waals surface area contributed by atoms with Crippen LogP contribution in [0.25, 0.3) is 0 Å². The van der Waals surface area contributed by atoms with Gasteiger partial charge in [-0.2, -0.15) is 0 Å². The van der Waals surface area contributed by atoms with Crippen molar-refractivity contribution in [2.24, 2.45) is 0 Å². The maximum absolute atomic E-state index is 13.5. The molecule has 0 radical (unpaired) electrons. The SMILES string of the molecule is O=S1(=O)C(CCCNCc2ccccc2)CC2=CCCC=C2N1c1ccccc1. The van der Waals surface area contributed by atoms with Crippen LogP contribution in [0, 0.1) is 0 Å². The Balaban J connectivity index is 1.44. The summed E-state index contributed by atoms with van der Waals surface area (Å²) in [4.78, 5) is 0. The number of allylic oxidation sites excluding steroid dienone is 3. The lowest BCUT2D eigenvalue weighted by Gasteiger charge is -2.38. The monoisotopic (exact) mass is 408 g/mol. The van der Waals surface area contributed by atoms with Crippen LogP contribution in [0.3, 0.4) is 0 Å². The van der Waals surface area contributed by atoms with Gasteiger partial charge in [-0.05, 0) is 61.9 Å². The number of anilines is 1. The molecular formula is C24H28N2O2S. The lowest BCUT2D eigenvalue weighted by Crippen LogP contribution is -2.44. The van der Waals surface area contributed by atoms with Crippen molar-refractivity contribution in [3.8, 4) is 0 Å². The Morgan fingerprint density at radius 3 is 2.38 bits per heavy atom. The Morgan fingerprint density at radius 2 is 1.62 bits per heavy atom. The molecule has 1 aliphatic carbocycles. The van der Waals surface area contributed by atoms with E-state index in [9.17, 15) is 8.42 Å². The quantitative estimate of drug-likeness (QED) is 0.672. The molecule has 4 nitrogen and oxygen atoms in total. The van der Waals surface area contributed by atoms with Crippen LogP contribution in [0.1, 0.15) is 37.7 Å². The van der Waals surface area contributed by atoms with Crippen LogP contribution < -0.4 is 9.62 Å².